The molecule has 0 aliphatic heterocycles. The van der Waals surface area contributed by atoms with E-state index >= 15 is 0 Å². The minimum Gasteiger partial charge on any atom is -0.493 e. The van der Waals surface area contributed by atoms with Crippen molar-refractivity contribution in [3.63, 3.8) is 0 Å². The fourth-order valence-electron chi connectivity index (χ4n) is 3.45. The summed E-state index contributed by atoms with van der Waals surface area (Å²) < 4.78 is 12.7. The Bertz CT molecular complexity index is 1300. The molecule has 30 heavy (non-hydrogen) atoms. The van der Waals surface area contributed by atoms with Crippen molar-refractivity contribution >= 4 is 49.1 Å². The van der Waals surface area contributed by atoms with Gasteiger partial charge in [0.15, 0.2) is 5.13 Å². The number of aryl methyl sites for hydroxylation is 3. The largest absolute Gasteiger partial charge is 0.493 e. The number of carbonyl (C=O) groups excluding carboxylic acids is 1. The smallest absolute Gasteiger partial charge is 0.250 e. The molecule has 5 nitrogen and oxygen atoms in total. The number of benzene rings is 2. The summed E-state index contributed by atoms with van der Waals surface area (Å²) in [5, 5.41) is 4.51. The number of nitrogens with one attached hydrogen (secondary N) is 1. The summed E-state index contributed by atoms with van der Waals surface area (Å²) in [6.45, 7) is 10.4. The number of anilines is 1. The molecule has 2 aromatic carbocycles. The molecule has 4 rings (SSSR count). The predicted octanol–water partition coefficient (Wildman–Crippen LogP) is 6.41. The molecule has 6 heteroatoms. The Hall–Kier alpha value is -3.12. The molecule has 0 radical (unpaired) electrons. The molecule has 1 N–H and O–H groups in total. The average molecular weight is 421 g/mol. The number of hydrogen-bond donors (Lipinski definition) is 1. The van der Waals surface area contributed by atoms with Crippen molar-refractivity contribution in [1.29, 1.82) is 0 Å². The lowest BCUT2D eigenvalue weighted by Crippen LogP contribution is -2.08. The first-order valence-electron chi connectivity index (χ1n) is 9.89. The minimum atomic E-state index is -0.217. The minimum absolute atomic E-state index is 0.217. The van der Waals surface area contributed by atoms with Crippen LogP contribution in [-0.2, 0) is 4.79 Å². The number of aromatic nitrogens is 1. The molecular formula is C24H24N2O3S. The number of ether oxygens (including phenoxy) is 1. The molecule has 0 atom stereocenters. The lowest BCUT2D eigenvalue weighted by atomic mass is 10.0. The summed E-state index contributed by atoms with van der Waals surface area (Å²) in [7, 11) is 0. The van der Waals surface area contributed by atoms with Gasteiger partial charge in [-0.2, -0.15) is 0 Å². The Morgan fingerprint density at radius 1 is 1.23 bits per heavy atom. The molecule has 0 saturated carbocycles. The number of rotatable bonds is 5. The summed E-state index contributed by atoms with van der Waals surface area (Å²) >= 11 is 1.47. The third kappa shape index (κ3) is 3.83. The van der Waals surface area contributed by atoms with Gasteiger partial charge in [0, 0.05) is 23.1 Å². The molecule has 2 heterocycles. The van der Waals surface area contributed by atoms with Crippen LogP contribution in [0.25, 0.3) is 26.8 Å². The van der Waals surface area contributed by atoms with Crippen LogP contribution in [0.1, 0.15) is 36.3 Å². The zero-order valence-electron chi connectivity index (χ0n) is 17.8. The molecule has 1 amide bonds. The van der Waals surface area contributed by atoms with Crippen LogP contribution >= 0.6 is 11.3 Å². The van der Waals surface area contributed by atoms with Crippen LogP contribution in [0.4, 0.5) is 5.13 Å². The van der Waals surface area contributed by atoms with Gasteiger partial charge in [0.2, 0.25) is 5.91 Å². The van der Waals surface area contributed by atoms with Crippen molar-refractivity contribution in [1.82, 2.24) is 4.98 Å². The van der Waals surface area contributed by atoms with Crippen molar-refractivity contribution in [2.75, 3.05) is 11.9 Å². The van der Waals surface area contributed by atoms with Crippen molar-refractivity contribution in [3.8, 4) is 5.75 Å². The molecule has 2 aromatic heterocycles. The highest BCUT2D eigenvalue weighted by Gasteiger charge is 2.15. The van der Waals surface area contributed by atoms with Gasteiger partial charge in [0.05, 0.1) is 16.8 Å². The van der Waals surface area contributed by atoms with Crippen LogP contribution in [0.3, 0.4) is 0 Å². The van der Waals surface area contributed by atoms with E-state index in [-0.39, 0.29) is 5.91 Å². The number of thiazole rings is 1. The fraction of sp³-hybridized carbons (Fsp3) is 0.250. The van der Waals surface area contributed by atoms with Gasteiger partial charge in [-0.05, 0) is 69.5 Å². The molecule has 154 valence electrons. The maximum absolute atomic E-state index is 12.7. The van der Waals surface area contributed by atoms with Crippen molar-refractivity contribution in [2.24, 2.45) is 0 Å². The first kappa shape index (κ1) is 20.2. The molecule has 0 saturated heterocycles. The van der Waals surface area contributed by atoms with Crippen molar-refractivity contribution < 1.29 is 13.9 Å². The molecule has 0 aliphatic carbocycles. The standard InChI is InChI=1S/C24H24N2O3S/c1-6-28-20-12-21-18(15(4)16(5)29-21)11-17(20)14(3)10-23(27)26-24-25-19-8-7-13(2)9-22(19)30-24/h7-12H,6H2,1-5H3,(H,25,26,27)/b14-10+. The van der Waals surface area contributed by atoms with Gasteiger partial charge in [-0.3, -0.25) is 10.1 Å². The fourth-order valence-corrected chi connectivity index (χ4v) is 4.42. The second kappa shape index (κ2) is 7.95. The van der Waals surface area contributed by atoms with Gasteiger partial charge >= 0.3 is 0 Å². The quantitative estimate of drug-likeness (QED) is 0.379. The monoisotopic (exact) mass is 420 g/mol. The van der Waals surface area contributed by atoms with Gasteiger partial charge < -0.3 is 9.15 Å². The number of carbonyl (C=O) groups is 1. The first-order chi connectivity index (χ1) is 14.4. The van der Waals surface area contributed by atoms with Gasteiger partial charge in [-0.1, -0.05) is 17.4 Å². The molecular weight excluding hydrogens is 396 g/mol. The number of hydrogen-bond acceptors (Lipinski definition) is 5. The SMILES string of the molecule is CCOc1cc2oc(C)c(C)c2cc1/C(C)=C/C(=O)Nc1nc2ccc(C)cc2s1. The van der Waals surface area contributed by atoms with Crippen LogP contribution in [-0.4, -0.2) is 17.5 Å². The Labute approximate surface area is 179 Å². The molecule has 0 fully saturated rings. The maximum atomic E-state index is 12.7. The van der Waals surface area contributed by atoms with Gasteiger partial charge in [-0.15, -0.1) is 0 Å². The molecule has 0 aliphatic rings. The number of allylic oxidation sites excluding steroid dienone is 1. The van der Waals surface area contributed by atoms with Gasteiger partial charge in [0.25, 0.3) is 0 Å². The molecule has 0 unspecified atom stereocenters. The molecule has 0 bridgehead atoms. The number of fused-ring (bicyclic) bond motifs is 2. The van der Waals surface area contributed by atoms with E-state index < -0.39 is 0 Å². The third-order valence-electron chi connectivity index (χ3n) is 5.12. The highest BCUT2D eigenvalue weighted by atomic mass is 32.1. The van der Waals surface area contributed by atoms with E-state index in [1.165, 1.54) is 16.9 Å². The van der Waals surface area contributed by atoms with E-state index in [2.05, 4.69) is 16.4 Å². The van der Waals surface area contributed by atoms with Crippen molar-refractivity contribution in [3.05, 3.63) is 58.9 Å². The topological polar surface area (TPSA) is 64.4 Å². The Kier molecular flexibility index (Phi) is 5.35. The summed E-state index contributed by atoms with van der Waals surface area (Å²) in [4.78, 5) is 17.2. The predicted molar refractivity (Wildman–Crippen MR) is 123 cm³/mol. The van der Waals surface area contributed by atoms with Gasteiger partial charge in [-0.25, -0.2) is 4.98 Å². The lowest BCUT2D eigenvalue weighted by Gasteiger charge is -2.11. The Balaban J connectivity index is 1.65. The number of amides is 1. The van der Waals surface area contributed by atoms with E-state index in [0.29, 0.717) is 17.5 Å². The van der Waals surface area contributed by atoms with E-state index in [1.807, 2.05) is 58.9 Å². The number of furan rings is 1. The second-order valence-corrected chi connectivity index (χ2v) is 8.40. The Morgan fingerprint density at radius 2 is 2.03 bits per heavy atom. The number of nitrogens with zero attached hydrogens (tertiary/aromatic N) is 1. The van der Waals surface area contributed by atoms with Crippen LogP contribution in [0.2, 0.25) is 0 Å². The lowest BCUT2D eigenvalue weighted by molar-refractivity contribution is -0.111. The molecule has 4 aromatic rings. The van der Waals surface area contributed by atoms with Crippen molar-refractivity contribution in [2.45, 2.75) is 34.6 Å². The average Bonchev–Trinajstić information content (AvgIpc) is 3.20. The van der Waals surface area contributed by atoms with Gasteiger partial charge in [0.1, 0.15) is 17.1 Å². The summed E-state index contributed by atoms with van der Waals surface area (Å²) in [6.07, 6.45) is 1.59. The highest BCUT2D eigenvalue weighted by Crippen LogP contribution is 2.35. The summed E-state index contributed by atoms with van der Waals surface area (Å²) in [6, 6.07) is 9.99. The van der Waals surface area contributed by atoms with E-state index in [1.54, 1.807) is 6.08 Å². The first-order valence-corrected chi connectivity index (χ1v) is 10.7. The van der Waals surface area contributed by atoms with E-state index in [9.17, 15) is 4.79 Å². The maximum Gasteiger partial charge on any atom is 0.250 e. The second-order valence-electron chi connectivity index (χ2n) is 7.37. The normalized spacial score (nSPS) is 12.0. The zero-order chi connectivity index (χ0) is 21.4. The molecule has 0 spiro atoms. The van der Waals surface area contributed by atoms with Crippen LogP contribution in [0, 0.1) is 20.8 Å². The van der Waals surface area contributed by atoms with Crippen LogP contribution in [0.15, 0.2) is 40.8 Å². The van der Waals surface area contributed by atoms with E-state index in [0.717, 1.165) is 43.6 Å². The Morgan fingerprint density at radius 3 is 2.80 bits per heavy atom. The third-order valence-corrected chi connectivity index (χ3v) is 6.06. The summed E-state index contributed by atoms with van der Waals surface area (Å²) in [5.41, 5.74) is 5.63. The highest BCUT2D eigenvalue weighted by molar-refractivity contribution is 7.22. The van der Waals surface area contributed by atoms with Crippen LogP contribution < -0.4 is 10.1 Å². The van der Waals surface area contributed by atoms with E-state index in [4.69, 9.17) is 9.15 Å². The zero-order valence-corrected chi connectivity index (χ0v) is 18.6. The van der Waals surface area contributed by atoms with Crippen LogP contribution in [0.5, 0.6) is 5.75 Å². The summed E-state index contributed by atoms with van der Waals surface area (Å²) in [5.74, 6) is 1.37.